The van der Waals surface area contributed by atoms with E-state index in [1.807, 2.05) is 38.1 Å². The van der Waals surface area contributed by atoms with E-state index in [2.05, 4.69) is 31.7 Å². The van der Waals surface area contributed by atoms with Crippen LogP contribution in [-0.2, 0) is 18.1 Å². The van der Waals surface area contributed by atoms with Crippen molar-refractivity contribution < 1.29 is 0 Å². The Kier molecular flexibility index (Phi) is 7.03. The summed E-state index contributed by atoms with van der Waals surface area (Å²) in [7, 11) is 0. The third kappa shape index (κ3) is 5.38. The Balaban J connectivity index is 1.67. The molecule has 3 rings (SSSR count). The van der Waals surface area contributed by atoms with Crippen LogP contribution in [0, 0.1) is 13.8 Å². The van der Waals surface area contributed by atoms with E-state index >= 15 is 0 Å². The smallest absolute Gasteiger partial charge is 0.191 e. The summed E-state index contributed by atoms with van der Waals surface area (Å²) in [6.45, 7) is 6.85. The highest BCUT2D eigenvalue weighted by molar-refractivity contribution is 7.98. The summed E-state index contributed by atoms with van der Waals surface area (Å²) in [5.41, 5.74) is 3.04. The first-order valence-electron chi connectivity index (χ1n) is 8.40. The molecule has 0 amide bonds. The number of hydrogen-bond donors (Lipinski definition) is 0. The van der Waals surface area contributed by atoms with Gasteiger partial charge in [0, 0.05) is 23.7 Å². The summed E-state index contributed by atoms with van der Waals surface area (Å²) in [5, 5.41) is 11.5. The molecule has 27 heavy (non-hydrogen) atoms. The molecule has 5 nitrogen and oxygen atoms in total. The third-order valence-electron chi connectivity index (χ3n) is 3.75. The lowest BCUT2D eigenvalue weighted by atomic mass is 10.2. The second-order valence-corrected chi connectivity index (χ2v) is 8.60. The van der Waals surface area contributed by atoms with Gasteiger partial charge in [-0.3, -0.25) is 0 Å². The summed E-state index contributed by atoms with van der Waals surface area (Å²) in [6.07, 6.45) is 0. The Morgan fingerprint density at radius 1 is 0.926 bits per heavy atom. The number of nitrogens with zero attached hydrogens (tertiary/aromatic N) is 5. The van der Waals surface area contributed by atoms with Gasteiger partial charge < -0.3 is 4.57 Å². The van der Waals surface area contributed by atoms with Crippen LogP contribution in [-0.4, -0.2) is 24.7 Å². The van der Waals surface area contributed by atoms with E-state index in [1.54, 1.807) is 23.5 Å². The van der Waals surface area contributed by atoms with Gasteiger partial charge in [0.25, 0.3) is 0 Å². The fourth-order valence-electron chi connectivity index (χ4n) is 2.51. The molecule has 0 aliphatic carbocycles. The number of halogens is 2. The quantitative estimate of drug-likeness (QED) is 0.352. The molecular formula is C18H19Cl2N5S2. The Hall–Kier alpha value is -1.28. The molecule has 3 aromatic rings. The minimum absolute atomic E-state index is 0.565. The molecule has 0 aliphatic heterocycles. The molecular weight excluding hydrogens is 421 g/mol. The highest BCUT2D eigenvalue weighted by Gasteiger charge is 2.13. The van der Waals surface area contributed by atoms with Crippen molar-refractivity contribution in [3.05, 3.63) is 57.1 Å². The van der Waals surface area contributed by atoms with Gasteiger partial charge in [0.15, 0.2) is 10.3 Å². The molecule has 0 N–H and O–H groups in total. The van der Waals surface area contributed by atoms with Crippen molar-refractivity contribution >= 4 is 46.7 Å². The van der Waals surface area contributed by atoms with E-state index in [0.717, 1.165) is 45.4 Å². The van der Waals surface area contributed by atoms with Gasteiger partial charge in [0.1, 0.15) is 5.82 Å². The lowest BCUT2D eigenvalue weighted by molar-refractivity contribution is 0.659. The van der Waals surface area contributed by atoms with E-state index in [9.17, 15) is 0 Å². The highest BCUT2D eigenvalue weighted by atomic mass is 35.5. The summed E-state index contributed by atoms with van der Waals surface area (Å²) < 4.78 is 2.12. The van der Waals surface area contributed by atoms with Crippen LogP contribution in [0.1, 0.15) is 29.7 Å². The van der Waals surface area contributed by atoms with E-state index in [1.165, 1.54) is 0 Å². The van der Waals surface area contributed by atoms with Crippen molar-refractivity contribution in [2.45, 2.75) is 49.1 Å². The normalized spacial score (nSPS) is 11.1. The maximum atomic E-state index is 6.09. The first kappa shape index (κ1) is 20.5. The zero-order valence-corrected chi connectivity index (χ0v) is 18.4. The van der Waals surface area contributed by atoms with Gasteiger partial charge in [-0.25, -0.2) is 9.97 Å². The number of hydrogen-bond acceptors (Lipinski definition) is 6. The van der Waals surface area contributed by atoms with E-state index in [0.29, 0.717) is 15.8 Å². The molecule has 0 spiro atoms. The Labute approximate surface area is 177 Å². The molecule has 0 radical (unpaired) electrons. The standard InChI is InChI=1S/C18H19Cl2N5S2/c1-4-25-16(10-26-17-21-11(2)7-12(3)22-17)23-24-18(25)27-9-13-5-6-14(19)15(20)8-13/h5-8H,4,9-10H2,1-3H3. The summed E-state index contributed by atoms with van der Waals surface area (Å²) in [6, 6.07) is 7.65. The fourth-order valence-corrected chi connectivity index (χ4v) is 4.69. The number of benzene rings is 1. The second kappa shape index (κ2) is 9.28. The predicted molar refractivity (Wildman–Crippen MR) is 113 cm³/mol. The van der Waals surface area contributed by atoms with Gasteiger partial charge in [-0.15, -0.1) is 10.2 Å². The molecule has 0 saturated heterocycles. The maximum Gasteiger partial charge on any atom is 0.191 e. The molecule has 1 aromatic carbocycles. The molecule has 142 valence electrons. The minimum atomic E-state index is 0.565. The summed E-state index contributed by atoms with van der Waals surface area (Å²) >= 11 is 15.3. The highest BCUT2D eigenvalue weighted by Crippen LogP contribution is 2.28. The largest absolute Gasteiger partial charge is 0.306 e. The van der Waals surface area contributed by atoms with E-state index < -0.39 is 0 Å². The average molecular weight is 440 g/mol. The van der Waals surface area contributed by atoms with Gasteiger partial charge in [-0.05, 0) is 44.5 Å². The van der Waals surface area contributed by atoms with Crippen LogP contribution >= 0.6 is 46.7 Å². The molecule has 9 heteroatoms. The SMILES string of the molecule is CCn1c(CSc2nc(C)cc(C)n2)nnc1SCc1ccc(Cl)c(Cl)c1. The average Bonchev–Trinajstić information content (AvgIpc) is 3.02. The van der Waals surface area contributed by atoms with Crippen molar-refractivity contribution in [1.82, 2.24) is 24.7 Å². The van der Waals surface area contributed by atoms with E-state index in [4.69, 9.17) is 23.2 Å². The van der Waals surface area contributed by atoms with Crippen LogP contribution < -0.4 is 0 Å². The van der Waals surface area contributed by atoms with Crippen molar-refractivity contribution in [2.75, 3.05) is 0 Å². The maximum absolute atomic E-state index is 6.09. The Bertz CT molecular complexity index is 925. The number of aromatic nitrogens is 5. The lowest BCUT2D eigenvalue weighted by Gasteiger charge is -2.08. The Morgan fingerprint density at radius 3 is 2.33 bits per heavy atom. The van der Waals surface area contributed by atoms with Gasteiger partial charge in [-0.2, -0.15) is 0 Å². The number of rotatable bonds is 7. The predicted octanol–water partition coefficient (Wildman–Crippen LogP) is 5.60. The third-order valence-corrected chi connectivity index (χ3v) is 6.37. The van der Waals surface area contributed by atoms with Crippen LogP contribution in [0.15, 0.2) is 34.6 Å². The molecule has 2 heterocycles. The van der Waals surface area contributed by atoms with Crippen molar-refractivity contribution in [3.63, 3.8) is 0 Å². The minimum Gasteiger partial charge on any atom is -0.306 e. The fraction of sp³-hybridized carbons (Fsp3) is 0.333. The molecule has 0 saturated carbocycles. The van der Waals surface area contributed by atoms with Gasteiger partial charge >= 0.3 is 0 Å². The molecule has 0 atom stereocenters. The van der Waals surface area contributed by atoms with Crippen molar-refractivity contribution in [3.8, 4) is 0 Å². The number of thioether (sulfide) groups is 2. The van der Waals surface area contributed by atoms with Crippen LogP contribution in [0.2, 0.25) is 10.0 Å². The van der Waals surface area contributed by atoms with Crippen molar-refractivity contribution in [2.24, 2.45) is 0 Å². The number of aryl methyl sites for hydroxylation is 2. The zero-order chi connectivity index (χ0) is 19.4. The van der Waals surface area contributed by atoms with Crippen LogP contribution in [0.3, 0.4) is 0 Å². The Morgan fingerprint density at radius 2 is 1.67 bits per heavy atom. The second-order valence-electron chi connectivity index (χ2n) is 5.90. The van der Waals surface area contributed by atoms with Gasteiger partial charge in [0.2, 0.25) is 0 Å². The zero-order valence-electron chi connectivity index (χ0n) is 15.2. The monoisotopic (exact) mass is 439 g/mol. The molecule has 0 unspecified atom stereocenters. The first-order valence-corrected chi connectivity index (χ1v) is 11.1. The van der Waals surface area contributed by atoms with Gasteiger partial charge in [0.05, 0.1) is 15.8 Å². The van der Waals surface area contributed by atoms with E-state index in [-0.39, 0.29) is 0 Å². The molecule has 0 bridgehead atoms. The van der Waals surface area contributed by atoms with Crippen molar-refractivity contribution in [1.29, 1.82) is 0 Å². The lowest BCUT2D eigenvalue weighted by Crippen LogP contribution is -2.03. The van der Waals surface area contributed by atoms with Crippen LogP contribution in [0.5, 0.6) is 0 Å². The summed E-state index contributed by atoms with van der Waals surface area (Å²) in [4.78, 5) is 8.94. The molecule has 2 aromatic heterocycles. The molecule has 0 fully saturated rings. The van der Waals surface area contributed by atoms with Crippen LogP contribution in [0.25, 0.3) is 0 Å². The van der Waals surface area contributed by atoms with Gasteiger partial charge in [-0.1, -0.05) is 52.8 Å². The summed E-state index contributed by atoms with van der Waals surface area (Å²) in [5.74, 6) is 2.35. The first-order chi connectivity index (χ1) is 13.0. The topological polar surface area (TPSA) is 56.5 Å². The van der Waals surface area contributed by atoms with Crippen LogP contribution in [0.4, 0.5) is 0 Å². The molecule has 0 aliphatic rings.